The van der Waals surface area contributed by atoms with Gasteiger partial charge in [0.1, 0.15) is 5.75 Å². The van der Waals surface area contributed by atoms with Gasteiger partial charge < -0.3 is 10.5 Å². The summed E-state index contributed by atoms with van der Waals surface area (Å²) in [4.78, 5) is 10.6. The first-order chi connectivity index (χ1) is 7.13. The highest BCUT2D eigenvalue weighted by atomic mass is 16.5. The van der Waals surface area contributed by atoms with E-state index < -0.39 is 0 Å². The third-order valence-corrected chi connectivity index (χ3v) is 2.00. The zero-order chi connectivity index (χ0) is 11.3. The number of benzene rings is 1. The smallest absolute Gasteiger partial charge is 0.221 e. The lowest BCUT2D eigenvalue weighted by Crippen LogP contribution is -2.07. The summed E-state index contributed by atoms with van der Waals surface area (Å²) in [5.74, 6) is 0.458. The average Bonchev–Trinajstić information content (AvgIpc) is 2.17. The highest BCUT2D eigenvalue weighted by molar-refractivity contribution is 5.76. The van der Waals surface area contributed by atoms with Gasteiger partial charge in [-0.2, -0.15) is 0 Å². The zero-order valence-electron chi connectivity index (χ0n) is 8.99. The summed E-state index contributed by atoms with van der Waals surface area (Å²) in [6, 6.07) is 5.87. The van der Waals surface area contributed by atoms with Crippen LogP contribution in [0.3, 0.4) is 0 Å². The number of nitrogens with two attached hydrogens (primary N) is 1. The molecule has 0 saturated heterocycles. The van der Waals surface area contributed by atoms with Crippen molar-refractivity contribution in [3.63, 3.8) is 0 Å². The van der Waals surface area contributed by atoms with E-state index in [0.29, 0.717) is 0 Å². The number of carbonyl (C=O) groups is 1. The maximum atomic E-state index is 10.6. The molecule has 0 aliphatic rings. The Kier molecular flexibility index (Phi) is 3.92. The molecule has 0 heterocycles. The number of amides is 1. The van der Waals surface area contributed by atoms with Crippen LogP contribution in [0.4, 0.5) is 0 Å². The summed E-state index contributed by atoms with van der Waals surface area (Å²) in [6.07, 6.45) is 3.83. The monoisotopic (exact) mass is 205 g/mol. The first-order valence-electron chi connectivity index (χ1n) is 4.73. The standard InChI is InChI=1S/C12H15NO2/c1-9-6-7-11(15-2)10(8-9)4-3-5-12(13)14/h3-4,6-8H,5H2,1-2H3,(H2,13,14). The Morgan fingerprint density at radius 2 is 2.27 bits per heavy atom. The fourth-order valence-electron chi connectivity index (χ4n) is 1.29. The quantitative estimate of drug-likeness (QED) is 0.816. The van der Waals surface area contributed by atoms with E-state index in [1.165, 1.54) is 0 Å². The fourth-order valence-corrected chi connectivity index (χ4v) is 1.29. The van der Waals surface area contributed by atoms with Gasteiger partial charge in [0.2, 0.25) is 5.91 Å². The van der Waals surface area contributed by atoms with E-state index in [2.05, 4.69) is 0 Å². The molecule has 0 radical (unpaired) electrons. The largest absolute Gasteiger partial charge is 0.496 e. The molecule has 0 spiro atoms. The van der Waals surface area contributed by atoms with Crippen LogP contribution in [0.5, 0.6) is 5.75 Å². The molecule has 1 amide bonds. The first kappa shape index (κ1) is 11.3. The summed E-state index contributed by atoms with van der Waals surface area (Å²) in [6.45, 7) is 2.00. The Morgan fingerprint density at radius 1 is 1.53 bits per heavy atom. The van der Waals surface area contributed by atoms with Crippen molar-refractivity contribution in [3.8, 4) is 5.75 Å². The second-order valence-corrected chi connectivity index (χ2v) is 3.32. The van der Waals surface area contributed by atoms with Crippen molar-refractivity contribution in [3.05, 3.63) is 35.4 Å². The Bertz CT molecular complexity index is 383. The van der Waals surface area contributed by atoms with E-state index in [0.717, 1.165) is 16.9 Å². The highest BCUT2D eigenvalue weighted by Crippen LogP contribution is 2.20. The van der Waals surface area contributed by atoms with E-state index in [-0.39, 0.29) is 12.3 Å². The third-order valence-electron chi connectivity index (χ3n) is 2.00. The van der Waals surface area contributed by atoms with Gasteiger partial charge in [0, 0.05) is 12.0 Å². The van der Waals surface area contributed by atoms with Gasteiger partial charge >= 0.3 is 0 Å². The predicted octanol–water partition coefficient (Wildman–Crippen LogP) is 1.89. The van der Waals surface area contributed by atoms with Crippen molar-refractivity contribution in [2.75, 3.05) is 7.11 Å². The summed E-state index contributed by atoms with van der Waals surface area (Å²) in [5, 5.41) is 0. The summed E-state index contributed by atoms with van der Waals surface area (Å²) in [5.41, 5.74) is 7.14. The van der Waals surface area contributed by atoms with Crippen LogP contribution >= 0.6 is 0 Å². The van der Waals surface area contributed by atoms with Gasteiger partial charge in [-0.05, 0) is 19.1 Å². The molecule has 80 valence electrons. The van der Waals surface area contributed by atoms with Gasteiger partial charge in [-0.3, -0.25) is 4.79 Å². The zero-order valence-corrected chi connectivity index (χ0v) is 8.99. The first-order valence-corrected chi connectivity index (χ1v) is 4.73. The van der Waals surface area contributed by atoms with Crippen molar-refractivity contribution < 1.29 is 9.53 Å². The molecule has 0 atom stereocenters. The maximum Gasteiger partial charge on any atom is 0.221 e. The van der Waals surface area contributed by atoms with E-state index >= 15 is 0 Å². The van der Waals surface area contributed by atoms with E-state index in [1.54, 1.807) is 13.2 Å². The third kappa shape index (κ3) is 3.46. The molecular formula is C12H15NO2. The Labute approximate surface area is 89.5 Å². The van der Waals surface area contributed by atoms with Crippen molar-refractivity contribution >= 4 is 12.0 Å². The fraction of sp³-hybridized carbons (Fsp3) is 0.250. The molecule has 1 aromatic rings. The van der Waals surface area contributed by atoms with Crippen molar-refractivity contribution in [1.29, 1.82) is 0 Å². The van der Waals surface area contributed by atoms with Crippen LogP contribution in [0.15, 0.2) is 24.3 Å². The number of ether oxygens (including phenoxy) is 1. The van der Waals surface area contributed by atoms with Crippen molar-refractivity contribution in [1.82, 2.24) is 0 Å². The van der Waals surface area contributed by atoms with Crippen LogP contribution in [-0.4, -0.2) is 13.0 Å². The molecule has 0 aromatic heterocycles. The Hall–Kier alpha value is -1.77. The molecule has 0 bridgehead atoms. The lowest BCUT2D eigenvalue weighted by Gasteiger charge is -2.05. The molecule has 0 fully saturated rings. The van der Waals surface area contributed by atoms with Gasteiger partial charge in [-0.1, -0.05) is 23.8 Å². The van der Waals surface area contributed by atoms with E-state index in [9.17, 15) is 4.79 Å². The van der Waals surface area contributed by atoms with Gasteiger partial charge in [0.25, 0.3) is 0 Å². The molecular weight excluding hydrogens is 190 g/mol. The summed E-state index contributed by atoms with van der Waals surface area (Å²) < 4.78 is 5.19. The highest BCUT2D eigenvalue weighted by Gasteiger charge is 1.99. The lowest BCUT2D eigenvalue weighted by molar-refractivity contribution is -0.117. The Morgan fingerprint density at radius 3 is 2.87 bits per heavy atom. The predicted molar refractivity (Wildman–Crippen MR) is 60.6 cm³/mol. The van der Waals surface area contributed by atoms with Crippen LogP contribution in [0, 0.1) is 6.92 Å². The van der Waals surface area contributed by atoms with Crippen LogP contribution in [0.2, 0.25) is 0 Å². The average molecular weight is 205 g/mol. The molecule has 15 heavy (non-hydrogen) atoms. The van der Waals surface area contributed by atoms with Gasteiger partial charge in [-0.25, -0.2) is 0 Å². The minimum atomic E-state index is -0.335. The lowest BCUT2D eigenvalue weighted by atomic mass is 10.1. The molecule has 2 N–H and O–H groups in total. The number of aryl methyl sites for hydroxylation is 1. The Balaban J connectivity index is 2.87. The van der Waals surface area contributed by atoms with Crippen LogP contribution in [0.25, 0.3) is 6.08 Å². The number of rotatable bonds is 4. The molecule has 0 aliphatic heterocycles. The van der Waals surface area contributed by atoms with Crippen molar-refractivity contribution in [2.24, 2.45) is 5.73 Å². The van der Waals surface area contributed by atoms with Crippen LogP contribution in [-0.2, 0) is 4.79 Å². The SMILES string of the molecule is COc1ccc(C)cc1C=CCC(N)=O. The second-order valence-electron chi connectivity index (χ2n) is 3.32. The number of primary amides is 1. The number of methoxy groups -OCH3 is 1. The molecule has 1 aromatic carbocycles. The topological polar surface area (TPSA) is 52.3 Å². The molecule has 0 aliphatic carbocycles. The van der Waals surface area contributed by atoms with Gasteiger partial charge in [0.05, 0.1) is 7.11 Å². The van der Waals surface area contributed by atoms with Crippen LogP contribution in [0.1, 0.15) is 17.5 Å². The minimum absolute atomic E-state index is 0.247. The number of carbonyl (C=O) groups excluding carboxylic acids is 1. The molecule has 3 heteroatoms. The molecule has 0 unspecified atom stereocenters. The number of hydrogen-bond donors (Lipinski definition) is 1. The molecule has 3 nitrogen and oxygen atoms in total. The number of hydrogen-bond acceptors (Lipinski definition) is 2. The second kappa shape index (κ2) is 5.20. The minimum Gasteiger partial charge on any atom is -0.496 e. The maximum absolute atomic E-state index is 10.6. The normalized spacial score (nSPS) is 10.5. The van der Waals surface area contributed by atoms with E-state index in [1.807, 2.05) is 31.2 Å². The van der Waals surface area contributed by atoms with Gasteiger partial charge in [0.15, 0.2) is 0 Å². The molecule has 0 saturated carbocycles. The summed E-state index contributed by atoms with van der Waals surface area (Å²) in [7, 11) is 1.62. The van der Waals surface area contributed by atoms with Crippen LogP contribution < -0.4 is 10.5 Å². The summed E-state index contributed by atoms with van der Waals surface area (Å²) >= 11 is 0. The van der Waals surface area contributed by atoms with E-state index in [4.69, 9.17) is 10.5 Å². The van der Waals surface area contributed by atoms with Gasteiger partial charge in [-0.15, -0.1) is 0 Å². The molecule has 1 rings (SSSR count). The van der Waals surface area contributed by atoms with Crippen molar-refractivity contribution in [2.45, 2.75) is 13.3 Å².